The topological polar surface area (TPSA) is 72.5 Å². The standard InChI is InChI=1S/C9H14N4/c1-7(2)3-8-4-9(8,5-10)6-12-13-11/h7-8H,3-4,6H2,1-2H3/t8-,9-/m0/s1. The van der Waals surface area contributed by atoms with Crippen molar-refractivity contribution in [3.8, 4) is 6.07 Å². The molecule has 4 nitrogen and oxygen atoms in total. The molecule has 70 valence electrons. The van der Waals surface area contributed by atoms with Crippen molar-refractivity contribution >= 4 is 0 Å². The van der Waals surface area contributed by atoms with Crippen LogP contribution in [0.1, 0.15) is 26.7 Å². The van der Waals surface area contributed by atoms with Crippen LogP contribution in [0.25, 0.3) is 10.4 Å². The summed E-state index contributed by atoms with van der Waals surface area (Å²) in [4.78, 5) is 2.70. The van der Waals surface area contributed by atoms with Crippen LogP contribution in [0.15, 0.2) is 5.11 Å². The first-order valence-electron chi connectivity index (χ1n) is 4.57. The predicted molar refractivity (Wildman–Crippen MR) is 49.6 cm³/mol. The van der Waals surface area contributed by atoms with Crippen molar-refractivity contribution in [2.45, 2.75) is 26.7 Å². The highest BCUT2D eigenvalue weighted by Crippen LogP contribution is 2.55. The zero-order valence-electron chi connectivity index (χ0n) is 8.06. The molecule has 0 saturated heterocycles. The summed E-state index contributed by atoms with van der Waals surface area (Å²) < 4.78 is 0. The van der Waals surface area contributed by atoms with Crippen molar-refractivity contribution in [1.29, 1.82) is 5.26 Å². The Morgan fingerprint density at radius 3 is 2.92 bits per heavy atom. The molecule has 0 amide bonds. The predicted octanol–water partition coefficient (Wildman–Crippen LogP) is 2.87. The van der Waals surface area contributed by atoms with Crippen LogP contribution in [0.5, 0.6) is 0 Å². The number of azide groups is 1. The van der Waals surface area contributed by atoms with E-state index in [1.54, 1.807) is 0 Å². The monoisotopic (exact) mass is 178 g/mol. The Bertz CT molecular complexity index is 272. The summed E-state index contributed by atoms with van der Waals surface area (Å²) in [7, 11) is 0. The summed E-state index contributed by atoms with van der Waals surface area (Å²) in [6.45, 7) is 4.64. The number of hydrogen-bond donors (Lipinski definition) is 0. The number of rotatable bonds is 4. The third-order valence-corrected chi connectivity index (χ3v) is 2.63. The lowest BCUT2D eigenvalue weighted by molar-refractivity contribution is 0.478. The molecule has 0 aromatic heterocycles. The Morgan fingerprint density at radius 1 is 1.77 bits per heavy atom. The summed E-state index contributed by atoms with van der Waals surface area (Å²) in [5.41, 5.74) is 7.85. The van der Waals surface area contributed by atoms with Gasteiger partial charge >= 0.3 is 0 Å². The molecule has 1 aliphatic rings. The Morgan fingerprint density at radius 2 is 2.46 bits per heavy atom. The van der Waals surface area contributed by atoms with Gasteiger partial charge in [-0.15, -0.1) is 0 Å². The normalized spacial score (nSPS) is 30.8. The molecular formula is C9H14N4. The maximum atomic E-state index is 8.93. The van der Waals surface area contributed by atoms with Crippen LogP contribution in [0.3, 0.4) is 0 Å². The Hall–Kier alpha value is -1.20. The van der Waals surface area contributed by atoms with Gasteiger partial charge in [-0.1, -0.05) is 19.0 Å². The van der Waals surface area contributed by atoms with Gasteiger partial charge in [-0.25, -0.2) is 0 Å². The third kappa shape index (κ3) is 2.13. The second-order valence-corrected chi connectivity index (χ2v) is 4.19. The number of nitriles is 1. The van der Waals surface area contributed by atoms with E-state index < -0.39 is 0 Å². The molecule has 0 aromatic rings. The first-order valence-corrected chi connectivity index (χ1v) is 4.57. The number of hydrogen-bond acceptors (Lipinski definition) is 2. The molecule has 0 N–H and O–H groups in total. The molecule has 1 rings (SSSR count). The van der Waals surface area contributed by atoms with E-state index in [4.69, 9.17) is 10.8 Å². The minimum absolute atomic E-state index is 0.323. The fourth-order valence-corrected chi connectivity index (χ4v) is 1.78. The van der Waals surface area contributed by atoms with Gasteiger partial charge in [0.25, 0.3) is 0 Å². The van der Waals surface area contributed by atoms with Crippen molar-refractivity contribution in [1.82, 2.24) is 0 Å². The van der Waals surface area contributed by atoms with Gasteiger partial charge in [0.1, 0.15) is 0 Å². The molecule has 0 aliphatic heterocycles. The molecule has 0 radical (unpaired) electrons. The van der Waals surface area contributed by atoms with Crippen LogP contribution in [0.4, 0.5) is 0 Å². The zero-order valence-corrected chi connectivity index (χ0v) is 8.06. The molecule has 0 unspecified atom stereocenters. The molecule has 1 saturated carbocycles. The summed E-state index contributed by atoms with van der Waals surface area (Å²) in [5, 5.41) is 12.4. The molecule has 1 aliphatic carbocycles. The SMILES string of the molecule is CC(C)C[C@H]1C[C@]1(C#N)CN=[N+]=[N-]. The molecule has 4 heteroatoms. The fourth-order valence-electron chi connectivity index (χ4n) is 1.78. The first-order chi connectivity index (χ1) is 6.14. The molecule has 0 heterocycles. The summed E-state index contributed by atoms with van der Waals surface area (Å²) in [6, 6.07) is 2.28. The van der Waals surface area contributed by atoms with Crippen LogP contribution in [-0.2, 0) is 0 Å². The van der Waals surface area contributed by atoms with Crippen LogP contribution in [0.2, 0.25) is 0 Å². The Labute approximate surface area is 78.2 Å². The van der Waals surface area contributed by atoms with Gasteiger partial charge in [-0.05, 0) is 30.2 Å². The van der Waals surface area contributed by atoms with E-state index in [9.17, 15) is 0 Å². The van der Waals surface area contributed by atoms with Crippen LogP contribution in [-0.4, -0.2) is 6.54 Å². The van der Waals surface area contributed by atoms with Crippen molar-refractivity contribution < 1.29 is 0 Å². The highest BCUT2D eigenvalue weighted by Gasteiger charge is 2.53. The highest BCUT2D eigenvalue weighted by atomic mass is 15.1. The van der Waals surface area contributed by atoms with Crippen molar-refractivity contribution in [2.75, 3.05) is 6.54 Å². The summed E-state index contributed by atoms with van der Waals surface area (Å²) in [5.74, 6) is 1.06. The number of nitrogens with zero attached hydrogens (tertiary/aromatic N) is 4. The molecular weight excluding hydrogens is 164 g/mol. The molecule has 13 heavy (non-hydrogen) atoms. The second kappa shape index (κ2) is 3.68. The lowest BCUT2D eigenvalue weighted by Crippen LogP contribution is -2.06. The van der Waals surface area contributed by atoms with Crippen LogP contribution < -0.4 is 0 Å². The third-order valence-electron chi connectivity index (χ3n) is 2.63. The smallest absolute Gasteiger partial charge is 0.0694 e. The van der Waals surface area contributed by atoms with Gasteiger partial charge in [-0.2, -0.15) is 5.26 Å². The van der Waals surface area contributed by atoms with Gasteiger partial charge < -0.3 is 0 Å². The largest absolute Gasteiger partial charge is 0.198 e. The van der Waals surface area contributed by atoms with E-state index in [1.165, 1.54) is 0 Å². The van der Waals surface area contributed by atoms with Crippen molar-refractivity contribution in [3.05, 3.63) is 10.4 Å². The van der Waals surface area contributed by atoms with Gasteiger partial charge in [0.2, 0.25) is 0 Å². The lowest BCUT2D eigenvalue weighted by atomic mass is 9.99. The minimum atomic E-state index is -0.323. The van der Waals surface area contributed by atoms with E-state index in [0.29, 0.717) is 18.4 Å². The Balaban J connectivity index is 2.49. The molecule has 0 aromatic carbocycles. The van der Waals surface area contributed by atoms with Crippen molar-refractivity contribution in [3.63, 3.8) is 0 Å². The molecule has 1 fully saturated rings. The molecule has 0 spiro atoms. The summed E-state index contributed by atoms with van der Waals surface area (Å²) in [6.07, 6.45) is 1.97. The highest BCUT2D eigenvalue weighted by molar-refractivity contribution is 5.17. The van der Waals surface area contributed by atoms with Gasteiger partial charge in [0.15, 0.2) is 0 Å². The average Bonchev–Trinajstić information content (AvgIpc) is 2.75. The maximum absolute atomic E-state index is 8.93. The van der Waals surface area contributed by atoms with Crippen LogP contribution >= 0.6 is 0 Å². The van der Waals surface area contributed by atoms with E-state index in [0.717, 1.165) is 12.8 Å². The van der Waals surface area contributed by atoms with Crippen LogP contribution in [0, 0.1) is 28.6 Å². The fraction of sp³-hybridized carbons (Fsp3) is 0.889. The first kappa shape index (κ1) is 9.88. The van der Waals surface area contributed by atoms with Gasteiger partial charge in [0, 0.05) is 11.5 Å². The van der Waals surface area contributed by atoms with Crippen molar-refractivity contribution in [2.24, 2.45) is 22.4 Å². The lowest BCUT2D eigenvalue weighted by Gasteiger charge is -2.06. The van der Waals surface area contributed by atoms with E-state index in [2.05, 4.69) is 29.9 Å². The van der Waals surface area contributed by atoms with Gasteiger partial charge in [-0.3, -0.25) is 0 Å². The van der Waals surface area contributed by atoms with E-state index in [-0.39, 0.29) is 5.41 Å². The zero-order chi connectivity index (χ0) is 9.90. The van der Waals surface area contributed by atoms with E-state index >= 15 is 0 Å². The molecule has 0 bridgehead atoms. The average molecular weight is 178 g/mol. The maximum Gasteiger partial charge on any atom is 0.0694 e. The van der Waals surface area contributed by atoms with Gasteiger partial charge in [0.05, 0.1) is 11.5 Å². The Kier molecular flexibility index (Phi) is 2.79. The molecule has 2 atom stereocenters. The summed E-state index contributed by atoms with van der Waals surface area (Å²) >= 11 is 0. The quantitative estimate of drug-likeness (QED) is 0.370. The minimum Gasteiger partial charge on any atom is -0.198 e. The van der Waals surface area contributed by atoms with E-state index in [1.807, 2.05) is 0 Å². The second-order valence-electron chi connectivity index (χ2n) is 4.19.